The summed E-state index contributed by atoms with van der Waals surface area (Å²) in [6.45, 7) is 2.14. The molecular weight excluding hydrogens is 206 g/mol. The van der Waals surface area contributed by atoms with Crippen molar-refractivity contribution in [2.24, 2.45) is 0 Å². The van der Waals surface area contributed by atoms with Crippen molar-refractivity contribution in [1.82, 2.24) is 5.32 Å². The van der Waals surface area contributed by atoms with E-state index in [4.69, 9.17) is 4.74 Å². The molecule has 88 valence electrons. The molecule has 2 saturated heterocycles. The highest BCUT2D eigenvalue weighted by atomic mass is 32.2. The predicted octanol–water partition coefficient (Wildman–Crippen LogP) is 2.43. The molecule has 3 heteroatoms. The normalized spacial score (nSPS) is 29.2. The predicted molar refractivity (Wildman–Crippen MR) is 66.6 cm³/mol. The summed E-state index contributed by atoms with van der Waals surface area (Å²) in [5.74, 6) is 2.69. The molecule has 0 amide bonds. The van der Waals surface area contributed by atoms with Crippen LogP contribution in [0.3, 0.4) is 0 Å². The molecule has 0 aromatic carbocycles. The maximum atomic E-state index is 5.72. The van der Waals surface area contributed by atoms with E-state index in [0.717, 1.165) is 19.2 Å². The molecule has 2 fully saturated rings. The molecule has 0 saturated carbocycles. The molecule has 0 aromatic heterocycles. The minimum atomic E-state index is 0.546. The molecule has 0 aromatic rings. The Bertz CT molecular complexity index is 147. The second kappa shape index (κ2) is 6.77. The molecule has 1 N–H and O–H groups in total. The molecule has 1 atom stereocenters. The van der Waals surface area contributed by atoms with Gasteiger partial charge in [-0.3, -0.25) is 0 Å². The van der Waals surface area contributed by atoms with Crippen LogP contribution >= 0.6 is 11.8 Å². The van der Waals surface area contributed by atoms with Crippen molar-refractivity contribution in [3.8, 4) is 0 Å². The lowest BCUT2D eigenvalue weighted by Gasteiger charge is -2.26. The average molecular weight is 229 g/mol. The Morgan fingerprint density at radius 2 is 2.00 bits per heavy atom. The maximum absolute atomic E-state index is 5.72. The molecule has 2 heterocycles. The lowest BCUT2D eigenvalue weighted by Crippen LogP contribution is -2.35. The largest absolute Gasteiger partial charge is 0.378 e. The van der Waals surface area contributed by atoms with Crippen LogP contribution in [0, 0.1) is 0 Å². The quantitative estimate of drug-likeness (QED) is 0.800. The molecular formula is C12H23NOS. The van der Waals surface area contributed by atoms with Gasteiger partial charge in [-0.2, -0.15) is 11.8 Å². The summed E-state index contributed by atoms with van der Waals surface area (Å²) in [6, 6.07) is 0.787. The van der Waals surface area contributed by atoms with Gasteiger partial charge in [-0.15, -0.1) is 0 Å². The third-order valence-electron chi connectivity index (χ3n) is 3.39. The zero-order valence-corrected chi connectivity index (χ0v) is 10.4. The zero-order chi connectivity index (χ0) is 10.3. The van der Waals surface area contributed by atoms with Gasteiger partial charge >= 0.3 is 0 Å². The van der Waals surface area contributed by atoms with Gasteiger partial charge in [0.1, 0.15) is 0 Å². The van der Waals surface area contributed by atoms with Crippen molar-refractivity contribution in [2.75, 3.05) is 24.7 Å². The van der Waals surface area contributed by atoms with Gasteiger partial charge in [-0.25, -0.2) is 0 Å². The Morgan fingerprint density at radius 3 is 2.73 bits per heavy atom. The van der Waals surface area contributed by atoms with Crippen molar-refractivity contribution in [2.45, 2.75) is 50.7 Å². The fourth-order valence-corrected chi connectivity index (χ4v) is 3.49. The van der Waals surface area contributed by atoms with E-state index in [1.807, 2.05) is 0 Å². The third-order valence-corrected chi connectivity index (χ3v) is 4.44. The Kier molecular flexibility index (Phi) is 5.30. The number of hydrogen-bond donors (Lipinski definition) is 1. The lowest BCUT2D eigenvalue weighted by molar-refractivity contribution is 0.0112. The third kappa shape index (κ3) is 4.33. The average Bonchev–Trinajstić information content (AvgIpc) is 2.32. The van der Waals surface area contributed by atoms with Crippen LogP contribution < -0.4 is 5.32 Å². The van der Waals surface area contributed by atoms with Crippen LogP contribution in [0.5, 0.6) is 0 Å². The smallest absolute Gasteiger partial charge is 0.0587 e. The van der Waals surface area contributed by atoms with Crippen LogP contribution in [0.15, 0.2) is 0 Å². The molecule has 1 unspecified atom stereocenters. The summed E-state index contributed by atoms with van der Waals surface area (Å²) in [5, 5.41) is 3.68. The van der Waals surface area contributed by atoms with Crippen LogP contribution in [0.4, 0.5) is 0 Å². The van der Waals surface area contributed by atoms with Crippen LogP contribution in [0.25, 0.3) is 0 Å². The number of nitrogens with one attached hydrogen (secondary N) is 1. The van der Waals surface area contributed by atoms with E-state index in [-0.39, 0.29) is 0 Å². The first kappa shape index (κ1) is 11.7. The standard InChI is InChI=1S/C12H23NOS/c1-2-8-14-12(3-1)4-7-13-11-5-9-15-10-6-11/h11-13H,1-10H2. The molecule has 0 bridgehead atoms. The monoisotopic (exact) mass is 229 g/mol. The Balaban J connectivity index is 1.53. The van der Waals surface area contributed by atoms with E-state index in [2.05, 4.69) is 17.1 Å². The molecule has 0 radical (unpaired) electrons. The van der Waals surface area contributed by atoms with E-state index >= 15 is 0 Å². The van der Waals surface area contributed by atoms with Crippen molar-refractivity contribution in [3.63, 3.8) is 0 Å². The lowest BCUT2D eigenvalue weighted by atomic mass is 10.1. The Morgan fingerprint density at radius 1 is 1.13 bits per heavy atom. The molecule has 0 spiro atoms. The van der Waals surface area contributed by atoms with Crippen LogP contribution in [0.2, 0.25) is 0 Å². The molecule has 2 aliphatic heterocycles. The summed E-state index contributed by atoms with van der Waals surface area (Å²) in [7, 11) is 0. The van der Waals surface area contributed by atoms with Gasteiger partial charge in [0.2, 0.25) is 0 Å². The fraction of sp³-hybridized carbons (Fsp3) is 1.00. The van der Waals surface area contributed by atoms with Crippen molar-refractivity contribution in [3.05, 3.63) is 0 Å². The zero-order valence-electron chi connectivity index (χ0n) is 9.54. The van der Waals surface area contributed by atoms with E-state index < -0.39 is 0 Å². The van der Waals surface area contributed by atoms with Gasteiger partial charge in [0, 0.05) is 12.6 Å². The van der Waals surface area contributed by atoms with Crippen LogP contribution in [-0.4, -0.2) is 36.8 Å². The Labute approximate surface area is 97.5 Å². The maximum Gasteiger partial charge on any atom is 0.0587 e. The van der Waals surface area contributed by atoms with Crippen molar-refractivity contribution < 1.29 is 4.74 Å². The first-order valence-corrected chi connectivity index (χ1v) is 7.53. The summed E-state index contributed by atoms with van der Waals surface area (Å²) >= 11 is 2.10. The first-order valence-electron chi connectivity index (χ1n) is 6.38. The highest BCUT2D eigenvalue weighted by molar-refractivity contribution is 7.99. The second-order valence-electron chi connectivity index (χ2n) is 4.62. The van der Waals surface area contributed by atoms with Gasteiger partial charge in [0.15, 0.2) is 0 Å². The molecule has 2 rings (SSSR count). The number of hydrogen-bond acceptors (Lipinski definition) is 3. The van der Waals surface area contributed by atoms with Crippen LogP contribution in [-0.2, 0) is 4.74 Å². The minimum Gasteiger partial charge on any atom is -0.378 e. The fourth-order valence-electron chi connectivity index (χ4n) is 2.39. The highest BCUT2D eigenvalue weighted by Crippen LogP contribution is 2.18. The highest BCUT2D eigenvalue weighted by Gasteiger charge is 2.15. The SMILES string of the molecule is C1CCC(CCNC2CCSCC2)OC1. The topological polar surface area (TPSA) is 21.3 Å². The summed E-state index contributed by atoms with van der Waals surface area (Å²) in [4.78, 5) is 0. The van der Waals surface area contributed by atoms with Gasteiger partial charge in [-0.05, 0) is 56.6 Å². The van der Waals surface area contributed by atoms with Gasteiger partial charge in [0.05, 0.1) is 6.10 Å². The molecule has 2 aliphatic rings. The van der Waals surface area contributed by atoms with E-state index in [9.17, 15) is 0 Å². The number of rotatable bonds is 4. The Hall–Kier alpha value is 0.270. The van der Waals surface area contributed by atoms with E-state index in [1.165, 1.54) is 50.0 Å². The first-order chi connectivity index (χ1) is 7.45. The molecule has 2 nitrogen and oxygen atoms in total. The molecule has 0 aliphatic carbocycles. The molecule has 15 heavy (non-hydrogen) atoms. The van der Waals surface area contributed by atoms with Crippen molar-refractivity contribution in [1.29, 1.82) is 0 Å². The summed E-state index contributed by atoms with van der Waals surface area (Å²) in [5.41, 5.74) is 0. The summed E-state index contributed by atoms with van der Waals surface area (Å²) < 4.78 is 5.72. The van der Waals surface area contributed by atoms with Gasteiger partial charge in [0.25, 0.3) is 0 Å². The van der Waals surface area contributed by atoms with Crippen molar-refractivity contribution >= 4 is 11.8 Å². The number of thioether (sulfide) groups is 1. The van der Waals surface area contributed by atoms with E-state index in [0.29, 0.717) is 6.10 Å². The van der Waals surface area contributed by atoms with E-state index in [1.54, 1.807) is 0 Å². The second-order valence-corrected chi connectivity index (χ2v) is 5.84. The summed E-state index contributed by atoms with van der Waals surface area (Å²) in [6.07, 6.45) is 8.39. The van der Waals surface area contributed by atoms with Gasteiger partial charge < -0.3 is 10.1 Å². The minimum absolute atomic E-state index is 0.546. The van der Waals surface area contributed by atoms with Crippen LogP contribution in [0.1, 0.15) is 38.5 Å². The number of ether oxygens (including phenoxy) is 1. The van der Waals surface area contributed by atoms with Gasteiger partial charge in [-0.1, -0.05) is 0 Å².